The second-order valence-electron chi connectivity index (χ2n) is 6.39. The summed E-state index contributed by atoms with van der Waals surface area (Å²) in [4.78, 5) is 14.5. The van der Waals surface area contributed by atoms with Crippen LogP contribution in [-0.2, 0) is 4.79 Å². The minimum atomic E-state index is -0.112. The number of carbonyl (C=O) groups is 1. The number of carbonyl (C=O) groups excluding carboxylic acids is 1. The number of ether oxygens (including phenoxy) is 2. The molecule has 0 fully saturated rings. The normalized spacial score (nSPS) is 13.8. The number of likely N-dealkylation sites (N-methyl/N-ethyl adjacent to an activating group) is 1. The number of halogens is 1. The van der Waals surface area contributed by atoms with Gasteiger partial charge in [0, 0.05) is 12.6 Å². The third kappa shape index (κ3) is 4.29. The molecule has 1 unspecified atom stereocenters. The fourth-order valence-electron chi connectivity index (χ4n) is 3.13. The minimum absolute atomic E-state index is 0.106. The van der Waals surface area contributed by atoms with Crippen LogP contribution in [0.2, 0.25) is 5.02 Å². The molecule has 3 rings (SSSR count). The van der Waals surface area contributed by atoms with E-state index in [1.165, 1.54) is 6.08 Å². The highest BCUT2D eigenvalue weighted by Crippen LogP contribution is 2.38. The number of benzene rings is 2. The van der Waals surface area contributed by atoms with Gasteiger partial charge in [-0.25, -0.2) is 0 Å². The number of nitrogens with zero attached hydrogens (tertiary/aromatic N) is 2. The molecule has 0 saturated carbocycles. The topological polar surface area (TPSA) is 62.6 Å². The maximum absolute atomic E-state index is 12.8. The molecule has 6 heteroatoms. The van der Waals surface area contributed by atoms with Crippen molar-refractivity contribution >= 4 is 23.6 Å². The third-order valence-corrected chi connectivity index (χ3v) is 4.93. The van der Waals surface area contributed by atoms with E-state index in [4.69, 9.17) is 26.3 Å². The highest BCUT2D eigenvalue weighted by molar-refractivity contribution is 6.32. The van der Waals surface area contributed by atoms with E-state index in [1.54, 1.807) is 29.2 Å². The molecule has 0 aliphatic carbocycles. The Bertz CT molecular complexity index is 932. The fraction of sp³-hybridized carbons (Fsp3) is 0.273. The summed E-state index contributed by atoms with van der Waals surface area (Å²) >= 11 is 6.25. The molecule has 5 nitrogen and oxygen atoms in total. The predicted molar refractivity (Wildman–Crippen MR) is 108 cm³/mol. The molecule has 1 amide bonds. The first-order valence-electron chi connectivity index (χ1n) is 9.11. The average molecular weight is 397 g/mol. The lowest BCUT2D eigenvalue weighted by Gasteiger charge is -2.27. The monoisotopic (exact) mass is 396 g/mol. The van der Waals surface area contributed by atoms with Gasteiger partial charge in [-0.3, -0.25) is 4.79 Å². The van der Waals surface area contributed by atoms with E-state index >= 15 is 0 Å². The second kappa shape index (κ2) is 8.81. The lowest BCUT2D eigenvalue weighted by atomic mass is 10.0. The van der Waals surface area contributed by atoms with Crippen LogP contribution in [-0.4, -0.2) is 30.6 Å². The first-order valence-corrected chi connectivity index (χ1v) is 9.49. The molecule has 28 heavy (non-hydrogen) atoms. The van der Waals surface area contributed by atoms with Crippen molar-refractivity contribution in [3.05, 3.63) is 64.2 Å². The van der Waals surface area contributed by atoms with E-state index in [0.29, 0.717) is 41.8 Å². The summed E-state index contributed by atoms with van der Waals surface area (Å²) in [5.41, 5.74) is 2.34. The van der Waals surface area contributed by atoms with E-state index in [9.17, 15) is 4.79 Å². The molecule has 0 N–H and O–H groups in total. The summed E-state index contributed by atoms with van der Waals surface area (Å²) in [5, 5.41) is 9.39. The molecule has 0 radical (unpaired) electrons. The van der Waals surface area contributed by atoms with Crippen LogP contribution in [0.4, 0.5) is 0 Å². The summed E-state index contributed by atoms with van der Waals surface area (Å²) in [6.07, 6.45) is 3.26. The molecular weight excluding hydrogens is 376 g/mol. The predicted octanol–water partition coefficient (Wildman–Crippen LogP) is 4.61. The van der Waals surface area contributed by atoms with Crippen molar-refractivity contribution in [3.63, 3.8) is 0 Å². The molecule has 0 saturated heterocycles. The van der Waals surface area contributed by atoms with Crippen molar-refractivity contribution in [2.24, 2.45) is 0 Å². The third-order valence-electron chi connectivity index (χ3n) is 4.65. The first-order chi connectivity index (χ1) is 13.5. The highest BCUT2D eigenvalue weighted by atomic mass is 35.5. The lowest BCUT2D eigenvalue weighted by molar-refractivity contribution is -0.127. The van der Waals surface area contributed by atoms with E-state index < -0.39 is 0 Å². The number of nitriles is 1. The average Bonchev–Trinajstić information content (AvgIpc) is 2.73. The molecule has 0 spiro atoms. The van der Waals surface area contributed by atoms with Gasteiger partial charge >= 0.3 is 0 Å². The van der Waals surface area contributed by atoms with Crippen molar-refractivity contribution in [2.75, 3.05) is 19.8 Å². The van der Waals surface area contributed by atoms with Crippen molar-refractivity contribution in [3.8, 4) is 17.6 Å². The van der Waals surface area contributed by atoms with Gasteiger partial charge in [0.1, 0.15) is 13.2 Å². The zero-order chi connectivity index (χ0) is 20.1. The summed E-state index contributed by atoms with van der Waals surface area (Å²) in [5.74, 6) is 1.02. The lowest BCUT2D eigenvalue weighted by Crippen LogP contribution is -2.32. The van der Waals surface area contributed by atoms with Crippen molar-refractivity contribution in [1.82, 2.24) is 4.90 Å². The van der Waals surface area contributed by atoms with Gasteiger partial charge in [0.05, 0.1) is 22.7 Å². The zero-order valence-electron chi connectivity index (χ0n) is 15.8. The Morgan fingerprint density at radius 3 is 2.68 bits per heavy atom. The van der Waals surface area contributed by atoms with Gasteiger partial charge in [0.15, 0.2) is 11.5 Å². The quantitative estimate of drug-likeness (QED) is 0.692. The van der Waals surface area contributed by atoms with Crippen LogP contribution in [0.15, 0.2) is 42.5 Å². The van der Waals surface area contributed by atoms with E-state index in [1.807, 2.05) is 32.0 Å². The van der Waals surface area contributed by atoms with E-state index in [0.717, 1.165) is 11.1 Å². The maximum Gasteiger partial charge on any atom is 0.247 e. The van der Waals surface area contributed by atoms with E-state index in [-0.39, 0.29) is 11.9 Å². The molecule has 1 aliphatic heterocycles. The minimum Gasteiger partial charge on any atom is -0.486 e. The molecule has 1 atom stereocenters. The largest absolute Gasteiger partial charge is 0.486 e. The number of hydrogen-bond donors (Lipinski definition) is 0. The van der Waals surface area contributed by atoms with E-state index in [2.05, 4.69) is 6.07 Å². The van der Waals surface area contributed by atoms with Gasteiger partial charge in [0.2, 0.25) is 5.91 Å². The van der Waals surface area contributed by atoms with Crippen molar-refractivity contribution < 1.29 is 14.3 Å². The van der Waals surface area contributed by atoms with Crippen LogP contribution in [0.1, 0.15) is 36.6 Å². The number of amides is 1. The van der Waals surface area contributed by atoms with Gasteiger partial charge in [-0.15, -0.1) is 0 Å². The molecular formula is C22H21ClN2O3. The second-order valence-corrected chi connectivity index (χ2v) is 6.80. The van der Waals surface area contributed by atoms with Gasteiger partial charge in [0.25, 0.3) is 0 Å². The van der Waals surface area contributed by atoms with Gasteiger partial charge in [-0.05, 0) is 55.3 Å². The van der Waals surface area contributed by atoms with Gasteiger partial charge in [-0.1, -0.05) is 23.7 Å². The first kappa shape index (κ1) is 19.8. The summed E-state index contributed by atoms with van der Waals surface area (Å²) in [6.45, 7) is 5.41. The Labute approximate surface area is 169 Å². The van der Waals surface area contributed by atoms with Crippen LogP contribution < -0.4 is 9.47 Å². The maximum atomic E-state index is 12.8. The van der Waals surface area contributed by atoms with Crippen LogP contribution in [0.25, 0.3) is 6.08 Å². The highest BCUT2D eigenvalue weighted by Gasteiger charge is 2.19. The van der Waals surface area contributed by atoms with Gasteiger partial charge in [-0.2, -0.15) is 5.26 Å². The Hall–Kier alpha value is -2.97. The number of fused-ring (bicyclic) bond motifs is 1. The zero-order valence-corrected chi connectivity index (χ0v) is 16.6. The Balaban J connectivity index is 1.76. The molecule has 1 aliphatic rings. The van der Waals surface area contributed by atoms with Crippen LogP contribution >= 0.6 is 11.6 Å². The summed E-state index contributed by atoms with van der Waals surface area (Å²) < 4.78 is 11.1. The Morgan fingerprint density at radius 1 is 1.29 bits per heavy atom. The molecule has 0 bridgehead atoms. The smallest absolute Gasteiger partial charge is 0.247 e. The molecule has 2 aromatic rings. The summed E-state index contributed by atoms with van der Waals surface area (Å²) in [6, 6.07) is 12.8. The number of hydrogen-bond acceptors (Lipinski definition) is 4. The van der Waals surface area contributed by atoms with Gasteiger partial charge < -0.3 is 14.4 Å². The fourth-order valence-corrected chi connectivity index (χ4v) is 3.40. The van der Waals surface area contributed by atoms with Crippen LogP contribution in [0.3, 0.4) is 0 Å². The Morgan fingerprint density at radius 2 is 2.00 bits per heavy atom. The SMILES string of the molecule is CCN(C(=O)C=Cc1cc(Cl)c2c(c1)OCCO2)C(C)c1ccc(C#N)cc1. The van der Waals surface area contributed by atoms with Crippen molar-refractivity contribution in [2.45, 2.75) is 19.9 Å². The standard InChI is InChI=1S/C22H21ClN2O3/c1-3-25(15(2)18-7-4-16(14-24)5-8-18)21(26)9-6-17-12-19(23)22-20(13-17)27-10-11-28-22/h4-9,12-13,15H,3,10-11H2,1-2H3. The molecule has 144 valence electrons. The number of rotatable bonds is 5. The van der Waals surface area contributed by atoms with Crippen LogP contribution in [0, 0.1) is 11.3 Å². The van der Waals surface area contributed by atoms with Crippen LogP contribution in [0.5, 0.6) is 11.5 Å². The molecule has 2 aromatic carbocycles. The molecule has 0 aromatic heterocycles. The summed E-state index contributed by atoms with van der Waals surface area (Å²) in [7, 11) is 0. The molecule has 1 heterocycles. The Kier molecular flexibility index (Phi) is 6.23. The van der Waals surface area contributed by atoms with Crippen molar-refractivity contribution in [1.29, 1.82) is 5.26 Å².